The molecule has 1 aromatic carbocycles. The van der Waals surface area contributed by atoms with E-state index in [1.54, 1.807) is 0 Å². The van der Waals surface area contributed by atoms with E-state index in [1.165, 1.54) is 0 Å². The molecule has 1 aromatic rings. The molecule has 0 aromatic heterocycles. The largest absolute Gasteiger partial charge is 0.338 e. The number of amides is 2. The van der Waals surface area contributed by atoms with Crippen molar-refractivity contribution >= 4 is 16.1 Å². The zero-order chi connectivity index (χ0) is 13.4. The van der Waals surface area contributed by atoms with Crippen LogP contribution in [-0.4, -0.2) is 31.3 Å². The third-order valence-electron chi connectivity index (χ3n) is 2.16. The van der Waals surface area contributed by atoms with Crippen LogP contribution in [0, 0.1) is 0 Å². The number of urea groups is 1. The van der Waals surface area contributed by atoms with Gasteiger partial charge in [-0.3, -0.25) is 4.55 Å². The van der Waals surface area contributed by atoms with Gasteiger partial charge < -0.3 is 10.6 Å². The maximum absolute atomic E-state index is 11.3. The van der Waals surface area contributed by atoms with E-state index >= 15 is 0 Å². The van der Waals surface area contributed by atoms with Crippen LogP contribution in [0.25, 0.3) is 0 Å². The second-order valence-corrected chi connectivity index (χ2v) is 5.31. The van der Waals surface area contributed by atoms with Gasteiger partial charge in [0.25, 0.3) is 10.1 Å². The lowest BCUT2D eigenvalue weighted by atomic mass is 10.2. The highest BCUT2D eigenvalue weighted by Crippen LogP contribution is 1.96. The number of carbonyl (C=O) groups excluding carboxylic acids is 1. The molecule has 0 aliphatic heterocycles. The second-order valence-electron chi connectivity index (χ2n) is 3.73. The summed E-state index contributed by atoms with van der Waals surface area (Å²) in [4.78, 5) is 11.3. The van der Waals surface area contributed by atoms with E-state index in [2.05, 4.69) is 10.6 Å². The van der Waals surface area contributed by atoms with Gasteiger partial charge in [-0.1, -0.05) is 30.3 Å². The van der Waals surface area contributed by atoms with Crippen LogP contribution in [-0.2, 0) is 16.7 Å². The average Bonchev–Trinajstić information content (AvgIpc) is 2.32. The van der Waals surface area contributed by atoms with Crippen molar-refractivity contribution in [3.63, 3.8) is 0 Å². The van der Waals surface area contributed by atoms with Crippen LogP contribution in [0.15, 0.2) is 30.3 Å². The second kappa shape index (κ2) is 6.97. The number of rotatable bonds is 6. The lowest BCUT2D eigenvalue weighted by Gasteiger charge is -2.07. The lowest BCUT2D eigenvalue weighted by Crippen LogP contribution is -2.36. The van der Waals surface area contributed by atoms with Crippen LogP contribution >= 0.6 is 0 Å². The zero-order valence-corrected chi connectivity index (χ0v) is 10.6. The fourth-order valence-electron chi connectivity index (χ4n) is 1.30. The van der Waals surface area contributed by atoms with E-state index < -0.39 is 10.1 Å². The summed E-state index contributed by atoms with van der Waals surface area (Å²) in [5, 5.41) is 5.13. The summed E-state index contributed by atoms with van der Waals surface area (Å²) in [7, 11) is -3.95. The summed E-state index contributed by atoms with van der Waals surface area (Å²) in [6.07, 6.45) is 0.178. The highest BCUT2D eigenvalue weighted by molar-refractivity contribution is 7.85. The van der Waals surface area contributed by atoms with Gasteiger partial charge in [0.05, 0.1) is 5.75 Å². The van der Waals surface area contributed by atoms with Crippen molar-refractivity contribution < 1.29 is 17.8 Å². The van der Waals surface area contributed by atoms with Crippen LogP contribution in [0.3, 0.4) is 0 Å². The molecule has 0 unspecified atom stereocenters. The first-order valence-electron chi connectivity index (χ1n) is 5.48. The van der Waals surface area contributed by atoms with Crippen molar-refractivity contribution in [2.45, 2.75) is 13.0 Å². The minimum atomic E-state index is -3.95. The third kappa shape index (κ3) is 6.87. The number of nitrogens with one attached hydrogen (secondary N) is 2. The molecule has 0 aliphatic rings. The summed E-state index contributed by atoms with van der Waals surface area (Å²) in [6.45, 7) is 0.603. The Kier molecular flexibility index (Phi) is 5.60. The molecule has 0 aliphatic carbocycles. The smallest absolute Gasteiger partial charge is 0.315 e. The Morgan fingerprint density at radius 2 is 1.83 bits per heavy atom. The van der Waals surface area contributed by atoms with E-state index in [4.69, 9.17) is 4.55 Å². The molecule has 100 valence electrons. The van der Waals surface area contributed by atoms with Gasteiger partial charge in [-0.25, -0.2) is 4.79 Å². The maximum atomic E-state index is 11.3. The summed E-state index contributed by atoms with van der Waals surface area (Å²) in [5.74, 6) is -0.355. The lowest BCUT2D eigenvalue weighted by molar-refractivity contribution is 0.240. The van der Waals surface area contributed by atoms with Crippen LogP contribution in [0.5, 0.6) is 0 Å². The van der Waals surface area contributed by atoms with Crippen molar-refractivity contribution in [3.05, 3.63) is 35.9 Å². The molecular weight excluding hydrogens is 256 g/mol. The first kappa shape index (κ1) is 14.5. The van der Waals surface area contributed by atoms with Gasteiger partial charge in [0.15, 0.2) is 0 Å². The summed E-state index contributed by atoms with van der Waals surface area (Å²) in [5.41, 5.74) is 0.977. The number of hydrogen-bond acceptors (Lipinski definition) is 3. The average molecular weight is 272 g/mol. The Balaban J connectivity index is 2.15. The van der Waals surface area contributed by atoms with E-state index in [1.807, 2.05) is 30.3 Å². The van der Waals surface area contributed by atoms with E-state index in [-0.39, 0.29) is 24.7 Å². The van der Waals surface area contributed by atoms with Gasteiger partial charge in [0.1, 0.15) is 0 Å². The fourth-order valence-corrected chi connectivity index (χ4v) is 1.81. The molecule has 0 heterocycles. The van der Waals surface area contributed by atoms with Crippen LogP contribution in [0.1, 0.15) is 12.0 Å². The van der Waals surface area contributed by atoms with Gasteiger partial charge in [-0.05, 0) is 12.0 Å². The highest BCUT2D eigenvalue weighted by atomic mass is 32.2. The van der Waals surface area contributed by atoms with Crippen molar-refractivity contribution in [1.29, 1.82) is 0 Å². The van der Waals surface area contributed by atoms with Crippen molar-refractivity contribution in [1.82, 2.24) is 10.6 Å². The Morgan fingerprint density at radius 3 is 2.44 bits per heavy atom. The Labute approximate surface area is 106 Å². The number of hydrogen-bond donors (Lipinski definition) is 3. The molecule has 0 bridgehead atoms. The molecule has 6 nitrogen and oxygen atoms in total. The van der Waals surface area contributed by atoms with Gasteiger partial charge in [-0.2, -0.15) is 8.42 Å². The molecule has 0 spiro atoms. The minimum Gasteiger partial charge on any atom is -0.338 e. The van der Waals surface area contributed by atoms with Crippen LogP contribution in [0.4, 0.5) is 4.79 Å². The quantitative estimate of drug-likeness (QED) is 0.526. The topological polar surface area (TPSA) is 95.5 Å². The Hall–Kier alpha value is -1.60. The van der Waals surface area contributed by atoms with Crippen molar-refractivity contribution in [2.75, 3.05) is 12.3 Å². The van der Waals surface area contributed by atoms with Crippen LogP contribution < -0.4 is 10.6 Å². The predicted molar refractivity (Wildman–Crippen MR) is 67.7 cm³/mol. The Bertz CT molecular complexity index is 473. The fraction of sp³-hybridized carbons (Fsp3) is 0.364. The van der Waals surface area contributed by atoms with Gasteiger partial charge in [0.2, 0.25) is 0 Å². The number of carbonyl (C=O) groups is 1. The monoisotopic (exact) mass is 272 g/mol. The molecule has 0 radical (unpaired) electrons. The van der Waals surface area contributed by atoms with Gasteiger partial charge in [0, 0.05) is 13.1 Å². The minimum absolute atomic E-state index is 0.178. The zero-order valence-electron chi connectivity index (χ0n) is 9.80. The molecule has 0 saturated carbocycles. The standard InChI is InChI=1S/C11H16N2O4S/c14-11(12-7-4-8-18(15,16)17)13-9-10-5-2-1-3-6-10/h1-3,5-6H,4,7-9H2,(H2,12,13,14)(H,15,16,17). The predicted octanol–water partition coefficient (Wildman–Crippen LogP) is 0.764. The van der Waals surface area contributed by atoms with Gasteiger partial charge in [-0.15, -0.1) is 0 Å². The molecule has 3 N–H and O–H groups in total. The first-order valence-corrected chi connectivity index (χ1v) is 7.09. The highest BCUT2D eigenvalue weighted by Gasteiger charge is 2.04. The molecular formula is C11H16N2O4S. The van der Waals surface area contributed by atoms with E-state index in [0.29, 0.717) is 6.54 Å². The molecule has 1 rings (SSSR count). The molecule has 0 saturated heterocycles. The number of benzene rings is 1. The summed E-state index contributed by atoms with van der Waals surface area (Å²) in [6, 6.07) is 9.05. The summed E-state index contributed by atoms with van der Waals surface area (Å²) < 4.78 is 29.3. The molecule has 0 atom stereocenters. The van der Waals surface area contributed by atoms with E-state index in [9.17, 15) is 13.2 Å². The first-order chi connectivity index (χ1) is 8.47. The molecule has 2 amide bonds. The van der Waals surface area contributed by atoms with Gasteiger partial charge >= 0.3 is 6.03 Å². The van der Waals surface area contributed by atoms with Crippen molar-refractivity contribution in [3.8, 4) is 0 Å². The maximum Gasteiger partial charge on any atom is 0.315 e. The van der Waals surface area contributed by atoms with Crippen molar-refractivity contribution in [2.24, 2.45) is 0 Å². The molecule has 18 heavy (non-hydrogen) atoms. The summed E-state index contributed by atoms with van der Waals surface area (Å²) >= 11 is 0. The SMILES string of the molecule is O=C(NCCCS(=O)(=O)O)NCc1ccccc1. The Morgan fingerprint density at radius 1 is 1.17 bits per heavy atom. The normalized spacial score (nSPS) is 10.9. The van der Waals surface area contributed by atoms with E-state index in [0.717, 1.165) is 5.56 Å². The molecule has 0 fully saturated rings. The molecule has 7 heteroatoms. The van der Waals surface area contributed by atoms with Crippen LogP contribution in [0.2, 0.25) is 0 Å². The third-order valence-corrected chi connectivity index (χ3v) is 2.97.